The van der Waals surface area contributed by atoms with Crippen molar-refractivity contribution in [3.05, 3.63) is 95.7 Å². The summed E-state index contributed by atoms with van der Waals surface area (Å²) in [5.74, 6) is 0.710. The first kappa shape index (κ1) is 21.1. The van der Waals surface area contributed by atoms with E-state index in [1.54, 1.807) is 6.20 Å². The molecule has 0 amide bonds. The highest BCUT2D eigenvalue weighted by molar-refractivity contribution is 6.01. The van der Waals surface area contributed by atoms with Gasteiger partial charge in [0.2, 0.25) is 0 Å². The van der Waals surface area contributed by atoms with Gasteiger partial charge in [0.15, 0.2) is 5.78 Å². The van der Waals surface area contributed by atoms with Crippen LogP contribution in [0.2, 0.25) is 0 Å². The van der Waals surface area contributed by atoms with Crippen LogP contribution < -0.4 is 10.2 Å². The molecular formula is C30H29N3O. The molecule has 4 nitrogen and oxygen atoms in total. The summed E-state index contributed by atoms with van der Waals surface area (Å²) in [5.41, 5.74) is 7.80. The average Bonchev–Trinajstić information content (AvgIpc) is 3.74. The van der Waals surface area contributed by atoms with E-state index >= 15 is 0 Å². The van der Waals surface area contributed by atoms with Gasteiger partial charge in [0.1, 0.15) is 0 Å². The number of carbonyl (C=O) groups is 1. The number of pyridine rings is 1. The number of rotatable bonds is 6. The number of hydrogen-bond acceptors (Lipinski definition) is 4. The fourth-order valence-corrected chi connectivity index (χ4v) is 5.10. The predicted octanol–water partition coefficient (Wildman–Crippen LogP) is 5.61. The number of carbonyl (C=O) groups excluding carboxylic acids is 1. The van der Waals surface area contributed by atoms with Crippen molar-refractivity contribution in [1.82, 2.24) is 10.3 Å². The summed E-state index contributed by atoms with van der Waals surface area (Å²) < 4.78 is 0. The molecule has 0 atom stereocenters. The van der Waals surface area contributed by atoms with Gasteiger partial charge in [-0.3, -0.25) is 9.78 Å². The zero-order chi connectivity index (χ0) is 22.9. The molecule has 2 heterocycles. The van der Waals surface area contributed by atoms with Crippen LogP contribution in [0, 0.1) is 0 Å². The van der Waals surface area contributed by atoms with Crippen molar-refractivity contribution in [3.63, 3.8) is 0 Å². The van der Waals surface area contributed by atoms with Crippen molar-refractivity contribution in [3.8, 4) is 11.1 Å². The van der Waals surface area contributed by atoms with Crippen LogP contribution in [-0.4, -0.2) is 36.9 Å². The fraction of sp³-hybridized carbons (Fsp3) is 0.267. The Kier molecular flexibility index (Phi) is 5.60. The van der Waals surface area contributed by atoms with Crippen LogP contribution in [0.4, 0.5) is 5.69 Å². The molecule has 1 aliphatic carbocycles. The minimum Gasteiger partial charge on any atom is -0.369 e. The lowest BCUT2D eigenvalue weighted by Crippen LogP contribution is -2.43. The second kappa shape index (κ2) is 9.03. The first-order valence-electron chi connectivity index (χ1n) is 12.3. The molecular weight excluding hydrogens is 418 g/mol. The highest BCUT2D eigenvalue weighted by atomic mass is 16.1. The largest absolute Gasteiger partial charge is 0.369 e. The molecule has 0 radical (unpaired) electrons. The number of nitrogens with zero attached hydrogens (tertiary/aromatic N) is 2. The zero-order valence-corrected chi connectivity index (χ0v) is 19.3. The number of ketones is 1. The number of aromatic nitrogens is 1. The minimum atomic E-state index is 0.110. The van der Waals surface area contributed by atoms with Crippen molar-refractivity contribution >= 4 is 22.4 Å². The monoisotopic (exact) mass is 447 g/mol. The molecule has 4 aromatic rings. The Labute approximate surface area is 200 Å². The molecule has 2 fully saturated rings. The molecule has 0 unspecified atom stereocenters. The van der Waals surface area contributed by atoms with Crippen LogP contribution in [-0.2, 0) is 6.42 Å². The second-order valence-corrected chi connectivity index (χ2v) is 9.47. The van der Waals surface area contributed by atoms with Gasteiger partial charge in [-0.05, 0) is 47.6 Å². The number of Topliss-reactive ketones (excluding diaryl/α,β-unsaturated/α-hetero) is 1. The van der Waals surface area contributed by atoms with E-state index in [0.717, 1.165) is 53.8 Å². The molecule has 1 N–H and O–H groups in total. The van der Waals surface area contributed by atoms with E-state index in [4.69, 9.17) is 4.98 Å². The third-order valence-corrected chi connectivity index (χ3v) is 7.03. The van der Waals surface area contributed by atoms with E-state index in [1.807, 2.05) is 36.4 Å². The van der Waals surface area contributed by atoms with E-state index in [2.05, 4.69) is 46.6 Å². The van der Waals surface area contributed by atoms with Crippen molar-refractivity contribution in [2.24, 2.45) is 0 Å². The molecule has 170 valence electrons. The smallest absolute Gasteiger partial charge is 0.168 e. The molecule has 1 saturated heterocycles. The van der Waals surface area contributed by atoms with Crippen LogP contribution in [0.3, 0.4) is 0 Å². The summed E-state index contributed by atoms with van der Waals surface area (Å²) in [5, 5.41) is 4.52. The number of benzene rings is 3. The Morgan fingerprint density at radius 2 is 1.71 bits per heavy atom. The third kappa shape index (κ3) is 4.22. The summed E-state index contributed by atoms with van der Waals surface area (Å²) in [4.78, 5) is 20.5. The minimum absolute atomic E-state index is 0.110. The lowest BCUT2D eigenvalue weighted by Gasteiger charge is -2.31. The molecule has 3 aromatic carbocycles. The average molecular weight is 448 g/mol. The fourth-order valence-electron chi connectivity index (χ4n) is 5.10. The lowest BCUT2D eigenvalue weighted by molar-refractivity contribution is 0.0993. The summed E-state index contributed by atoms with van der Waals surface area (Å²) in [6.07, 6.45) is 4.64. The van der Waals surface area contributed by atoms with E-state index in [0.29, 0.717) is 17.9 Å². The number of piperazine rings is 1. The maximum atomic E-state index is 13.2. The van der Waals surface area contributed by atoms with E-state index in [-0.39, 0.29) is 5.78 Å². The van der Waals surface area contributed by atoms with E-state index in [9.17, 15) is 4.79 Å². The summed E-state index contributed by atoms with van der Waals surface area (Å²) >= 11 is 0. The second-order valence-electron chi connectivity index (χ2n) is 9.47. The van der Waals surface area contributed by atoms with E-state index < -0.39 is 0 Å². The maximum Gasteiger partial charge on any atom is 0.168 e. The van der Waals surface area contributed by atoms with Gasteiger partial charge in [-0.1, -0.05) is 60.7 Å². The number of fused-ring (bicyclic) bond motifs is 1. The summed E-state index contributed by atoms with van der Waals surface area (Å²) in [7, 11) is 0. The van der Waals surface area contributed by atoms with Gasteiger partial charge in [-0.2, -0.15) is 0 Å². The number of hydrogen-bond donors (Lipinski definition) is 1. The Morgan fingerprint density at radius 1 is 0.912 bits per heavy atom. The predicted molar refractivity (Wildman–Crippen MR) is 139 cm³/mol. The van der Waals surface area contributed by atoms with Gasteiger partial charge in [0, 0.05) is 61.0 Å². The molecule has 0 bridgehead atoms. The molecule has 1 saturated carbocycles. The first-order valence-corrected chi connectivity index (χ1v) is 12.3. The summed E-state index contributed by atoms with van der Waals surface area (Å²) in [6, 6.07) is 25.0. The van der Waals surface area contributed by atoms with Gasteiger partial charge in [0.25, 0.3) is 0 Å². The lowest BCUT2D eigenvalue weighted by atomic mass is 9.97. The Hall–Kier alpha value is -3.50. The number of nitrogens with one attached hydrogen (secondary N) is 1. The molecule has 0 spiro atoms. The van der Waals surface area contributed by atoms with Gasteiger partial charge < -0.3 is 10.2 Å². The normalized spacial score (nSPS) is 16.1. The highest BCUT2D eigenvalue weighted by Crippen LogP contribution is 2.47. The van der Waals surface area contributed by atoms with Gasteiger partial charge in [0.05, 0.1) is 5.52 Å². The first-order chi connectivity index (χ1) is 16.8. The zero-order valence-electron chi connectivity index (χ0n) is 19.3. The van der Waals surface area contributed by atoms with Crippen molar-refractivity contribution in [2.45, 2.75) is 25.2 Å². The van der Waals surface area contributed by atoms with Gasteiger partial charge in [-0.25, -0.2) is 0 Å². The maximum absolute atomic E-state index is 13.2. The topological polar surface area (TPSA) is 45.2 Å². The van der Waals surface area contributed by atoms with Crippen LogP contribution in [0.5, 0.6) is 0 Å². The molecule has 34 heavy (non-hydrogen) atoms. The Morgan fingerprint density at radius 3 is 2.50 bits per heavy atom. The van der Waals surface area contributed by atoms with Crippen molar-refractivity contribution in [1.29, 1.82) is 0 Å². The van der Waals surface area contributed by atoms with Crippen LogP contribution in [0.25, 0.3) is 22.0 Å². The Bertz CT molecular complexity index is 1340. The number of anilines is 1. The van der Waals surface area contributed by atoms with E-state index in [1.165, 1.54) is 24.1 Å². The Balaban J connectivity index is 1.28. The SMILES string of the molecule is O=C(Cc1cccc(-c2ccccc2)c1)c1cnc2c(C3CC3)c(N3CCNCC3)ccc2c1. The molecule has 6 rings (SSSR count). The standard InChI is InChI=1S/C30H29N3O/c34-28(18-21-5-4-8-24(17-21)22-6-2-1-3-7-22)26-19-25-11-12-27(33-15-13-31-14-16-33)29(23-9-10-23)30(25)32-20-26/h1-8,11-12,17,19-20,23,31H,9-10,13-16,18H2. The quantitative estimate of drug-likeness (QED) is 0.390. The van der Waals surface area contributed by atoms with Gasteiger partial charge in [-0.15, -0.1) is 0 Å². The summed E-state index contributed by atoms with van der Waals surface area (Å²) in [6.45, 7) is 4.11. The van der Waals surface area contributed by atoms with Crippen LogP contribution in [0.15, 0.2) is 79.0 Å². The van der Waals surface area contributed by atoms with Crippen molar-refractivity contribution in [2.75, 3.05) is 31.1 Å². The molecule has 2 aliphatic rings. The van der Waals surface area contributed by atoms with Gasteiger partial charge >= 0.3 is 0 Å². The highest BCUT2D eigenvalue weighted by Gasteiger charge is 2.31. The van der Waals surface area contributed by atoms with Crippen molar-refractivity contribution < 1.29 is 4.79 Å². The molecule has 4 heteroatoms. The molecule has 1 aliphatic heterocycles. The molecule has 1 aromatic heterocycles. The third-order valence-electron chi connectivity index (χ3n) is 7.03. The van der Waals surface area contributed by atoms with Crippen LogP contribution >= 0.6 is 0 Å². The van der Waals surface area contributed by atoms with Crippen LogP contribution in [0.1, 0.15) is 40.2 Å².